The Morgan fingerprint density at radius 2 is 2.00 bits per heavy atom. The molecule has 2 N–H and O–H groups in total. The zero-order chi connectivity index (χ0) is 15.3. The molecule has 0 spiro atoms. The second-order valence-electron chi connectivity index (χ2n) is 6.65. The van der Waals surface area contributed by atoms with Gasteiger partial charge in [-0.05, 0) is 25.2 Å². The Labute approximate surface area is 121 Å². The quantitative estimate of drug-likeness (QED) is 0.770. The van der Waals surface area contributed by atoms with Crippen LogP contribution in [0, 0.1) is 5.92 Å². The van der Waals surface area contributed by atoms with Crippen LogP contribution < -0.4 is 5.32 Å². The highest BCUT2D eigenvalue weighted by Gasteiger charge is 2.58. The largest absolute Gasteiger partial charge is 0.419 e. The molecule has 21 heavy (non-hydrogen) atoms. The van der Waals surface area contributed by atoms with Crippen LogP contribution in [0.4, 0.5) is 13.2 Å². The maximum atomic E-state index is 12.8. The van der Waals surface area contributed by atoms with Gasteiger partial charge in [0.15, 0.2) is 5.60 Å². The first-order valence-electron chi connectivity index (χ1n) is 7.64. The van der Waals surface area contributed by atoms with Gasteiger partial charge in [0.2, 0.25) is 5.91 Å². The molecule has 4 nitrogen and oxygen atoms in total. The third kappa shape index (κ3) is 2.65. The van der Waals surface area contributed by atoms with Crippen molar-refractivity contribution in [3.8, 4) is 0 Å². The number of alkyl halides is 3. The Bertz CT molecular complexity index is 415. The summed E-state index contributed by atoms with van der Waals surface area (Å²) in [6, 6.07) is -0.0505. The number of rotatable bonds is 1. The number of hydrogen-bond acceptors (Lipinski definition) is 3. The van der Waals surface area contributed by atoms with Gasteiger partial charge in [-0.1, -0.05) is 12.8 Å². The number of hydrogen-bond donors (Lipinski definition) is 2. The molecule has 1 saturated carbocycles. The predicted octanol–water partition coefficient (Wildman–Crippen LogP) is 1.43. The summed E-state index contributed by atoms with van der Waals surface area (Å²) in [5.74, 6) is 0.182. The van der Waals surface area contributed by atoms with Gasteiger partial charge in [-0.25, -0.2) is 0 Å². The number of amides is 1. The summed E-state index contributed by atoms with van der Waals surface area (Å²) in [6.07, 6.45) is 0.0498. The lowest BCUT2D eigenvalue weighted by molar-refractivity contribution is -0.253. The van der Waals surface area contributed by atoms with Crippen LogP contribution in [0.3, 0.4) is 0 Å². The Hall–Kier alpha value is -0.820. The lowest BCUT2D eigenvalue weighted by atomic mass is 9.85. The van der Waals surface area contributed by atoms with Crippen molar-refractivity contribution in [2.45, 2.75) is 62.4 Å². The third-order valence-electron chi connectivity index (χ3n) is 5.25. The molecule has 0 radical (unpaired) electrons. The zero-order valence-electron chi connectivity index (χ0n) is 11.8. The molecule has 0 bridgehead atoms. The molecule has 1 aliphatic carbocycles. The smallest absolute Gasteiger partial charge is 0.379 e. The second-order valence-corrected chi connectivity index (χ2v) is 6.65. The van der Waals surface area contributed by atoms with Crippen LogP contribution in [-0.4, -0.2) is 52.9 Å². The van der Waals surface area contributed by atoms with Crippen LogP contribution in [-0.2, 0) is 4.79 Å². The Kier molecular flexibility index (Phi) is 3.68. The van der Waals surface area contributed by atoms with Gasteiger partial charge in [0.05, 0.1) is 12.6 Å². The molecule has 4 atom stereocenters. The van der Waals surface area contributed by atoms with Gasteiger partial charge in [0.25, 0.3) is 0 Å². The number of carbonyl (C=O) groups excluding carboxylic acids is 1. The molecular formula is C14H21F3N2O2. The molecule has 120 valence electrons. The normalized spacial score (nSPS) is 40.4. The van der Waals surface area contributed by atoms with E-state index in [1.807, 2.05) is 0 Å². The summed E-state index contributed by atoms with van der Waals surface area (Å²) in [6.45, 7) is -0.662. The predicted molar refractivity (Wildman–Crippen MR) is 69.5 cm³/mol. The second kappa shape index (κ2) is 5.12. The number of carbonyl (C=O) groups is 1. The molecule has 3 fully saturated rings. The average Bonchev–Trinajstić information content (AvgIpc) is 3.01. The van der Waals surface area contributed by atoms with Gasteiger partial charge in [-0.2, -0.15) is 13.2 Å². The minimum absolute atomic E-state index is 0.0254. The maximum Gasteiger partial charge on any atom is 0.419 e. The van der Waals surface area contributed by atoms with Crippen LogP contribution in [0.2, 0.25) is 0 Å². The number of aliphatic hydroxyl groups is 1. The van der Waals surface area contributed by atoms with Crippen molar-refractivity contribution in [2.24, 2.45) is 5.92 Å². The molecule has 2 aliphatic heterocycles. The fraction of sp³-hybridized carbons (Fsp3) is 0.929. The number of fused-ring (bicyclic) bond motifs is 1. The van der Waals surface area contributed by atoms with Crippen LogP contribution >= 0.6 is 0 Å². The summed E-state index contributed by atoms with van der Waals surface area (Å²) in [4.78, 5) is 13.6. The van der Waals surface area contributed by atoms with Gasteiger partial charge in [0.1, 0.15) is 0 Å². The van der Waals surface area contributed by atoms with Crippen molar-refractivity contribution in [3.63, 3.8) is 0 Å². The summed E-state index contributed by atoms with van der Waals surface area (Å²) in [5, 5.41) is 12.9. The SMILES string of the molecule is O=C([C@@H]1C[C@@H]2CCCC[C@H]2N1)N1CC[C@](O)(C(F)(F)F)C1. The molecule has 3 rings (SSSR count). The fourth-order valence-corrected chi connectivity index (χ4v) is 3.94. The monoisotopic (exact) mass is 306 g/mol. The molecule has 3 aliphatic rings. The first kappa shape index (κ1) is 15.1. The van der Waals surface area contributed by atoms with E-state index in [1.165, 1.54) is 11.3 Å². The molecule has 0 unspecified atom stereocenters. The first-order chi connectivity index (χ1) is 9.80. The number of nitrogens with zero attached hydrogens (tertiary/aromatic N) is 1. The van der Waals surface area contributed by atoms with Gasteiger partial charge in [-0.15, -0.1) is 0 Å². The Morgan fingerprint density at radius 1 is 1.29 bits per heavy atom. The molecule has 0 aromatic carbocycles. The van der Waals surface area contributed by atoms with E-state index in [0.717, 1.165) is 19.3 Å². The minimum Gasteiger partial charge on any atom is -0.379 e. The molecule has 7 heteroatoms. The van der Waals surface area contributed by atoms with Crippen molar-refractivity contribution in [2.75, 3.05) is 13.1 Å². The summed E-state index contributed by atoms with van der Waals surface area (Å²) < 4.78 is 38.4. The van der Waals surface area contributed by atoms with Gasteiger partial charge in [0, 0.05) is 19.0 Å². The summed E-state index contributed by atoms with van der Waals surface area (Å²) in [5.41, 5.74) is -2.74. The van der Waals surface area contributed by atoms with Crippen LogP contribution in [0.25, 0.3) is 0 Å². The number of likely N-dealkylation sites (tertiary alicyclic amines) is 1. The Morgan fingerprint density at radius 3 is 2.62 bits per heavy atom. The lowest BCUT2D eigenvalue weighted by Gasteiger charge is -2.27. The molecule has 2 saturated heterocycles. The number of β-amino-alcohol motifs (C(OH)–C–C–N with tert-alkyl or cyclic N) is 1. The first-order valence-corrected chi connectivity index (χ1v) is 7.64. The zero-order valence-corrected chi connectivity index (χ0v) is 11.8. The molecular weight excluding hydrogens is 285 g/mol. The summed E-state index contributed by atoms with van der Waals surface area (Å²) >= 11 is 0. The highest BCUT2D eigenvalue weighted by Crippen LogP contribution is 2.39. The standard InChI is InChI=1S/C14H21F3N2O2/c15-14(16,17)13(21)5-6-19(8-13)12(20)11-7-9-3-1-2-4-10(9)18-11/h9-11,18,21H,1-8H2/t9-,10+,11-,13+/m0/s1. The van der Waals surface area contributed by atoms with Crippen molar-refractivity contribution in [3.05, 3.63) is 0 Å². The van der Waals surface area contributed by atoms with Crippen molar-refractivity contribution in [1.82, 2.24) is 10.2 Å². The van der Waals surface area contributed by atoms with Crippen molar-refractivity contribution >= 4 is 5.91 Å². The van der Waals surface area contributed by atoms with Crippen LogP contribution in [0.15, 0.2) is 0 Å². The lowest BCUT2D eigenvalue weighted by Crippen LogP contribution is -2.50. The Balaban J connectivity index is 1.62. The molecule has 2 heterocycles. The van der Waals surface area contributed by atoms with E-state index in [-0.39, 0.29) is 18.5 Å². The van der Waals surface area contributed by atoms with E-state index < -0.39 is 24.7 Å². The van der Waals surface area contributed by atoms with Gasteiger partial charge < -0.3 is 15.3 Å². The summed E-state index contributed by atoms with van der Waals surface area (Å²) in [7, 11) is 0. The van der Waals surface area contributed by atoms with Gasteiger partial charge >= 0.3 is 6.18 Å². The third-order valence-corrected chi connectivity index (χ3v) is 5.25. The average molecular weight is 306 g/mol. The minimum atomic E-state index is -4.68. The number of halogens is 3. The topological polar surface area (TPSA) is 52.6 Å². The molecule has 1 amide bonds. The molecule has 0 aromatic rings. The van der Waals surface area contributed by atoms with E-state index in [0.29, 0.717) is 18.4 Å². The van der Waals surface area contributed by atoms with E-state index in [1.54, 1.807) is 0 Å². The van der Waals surface area contributed by atoms with Crippen LogP contribution in [0.1, 0.15) is 38.5 Å². The highest BCUT2D eigenvalue weighted by atomic mass is 19.4. The van der Waals surface area contributed by atoms with E-state index >= 15 is 0 Å². The fourth-order valence-electron chi connectivity index (χ4n) is 3.94. The van der Waals surface area contributed by atoms with E-state index in [4.69, 9.17) is 0 Å². The number of nitrogens with one attached hydrogen (secondary N) is 1. The van der Waals surface area contributed by atoms with E-state index in [9.17, 15) is 23.1 Å². The molecule has 0 aromatic heterocycles. The van der Waals surface area contributed by atoms with Crippen molar-refractivity contribution in [1.29, 1.82) is 0 Å². The van der Waals surface area contributed by atoms with Crippen molar-refractivity contribution < 1.29 is 23.1 Å². The highest BCUT2D eigenvalue weighted by molar-refractivity contribution is 5.82. The van der Waals surface area contributed by atoms with E-state index in [2.05, 4.69) is 5.32 Å². The maximum absolute atomic E-state index is 12.8. The van der Waals surface area contributed by atoms with Crippen LogP contribution in [0.5, 0.6) is 0 Å². The van der Waals surface area contributed by atoms with Gasteiger partial charge in [-0.3, -0.25) is 4.79 Å².